The molecule has 0 fully saturated rings. The van der Waals surface area contributed by atoms with E-state index in [0.29, 0.717) is 25.2 Å². The topological polar surface area (TPSA) is 75.0 Å². The summed E-state index contributed by atoms with van der Waals surface area (Å²) in [6.07, 6.45) is 3.68. The SMILES string of the molecule is NCCCN(c1ccc(F)cc1)c1ncc[nH]c1=O. The van der Waals surface area contributed by atoms with Gasteiger partial charge in [0.2, 0.25) is 0 Å². The Labute approximate surface area is 109 Å². The third-order valence-electron chi connectivity index (χ3n) is 2.67. The lowest BCUT2D eigenvalue weighted by molar-refractivity contribution is 0.627. The molecule has 3 N–H and O–H groups in total. The molecule has 19 heavy (non-hydrogen) atoms. The first-order valence-electron chi connectivity index (χ1n) is 5.99. The van der Waals surface area contributed by atoms with Crippen LogP contribution >= 0.6 is 0 Å². The fourth-order valence-electron chi connectivity index (χ4n) is 1.76. The van der Waals surface area contributed by atoms with E-state index in [1.807, 2.05) is 0 Å². The van der Waals surface area contributed by atoms with Gasteiger partial charge in [0.15, 0.2) is 5.82 Å². The van der Waals surface area contributed by atoms with Crippen LogP contribution in [0.3, 0.4) is 0 Å². The number of aromatic nitrogens is 2. The van der Waals surface area contributed by atoms with Gasteiger partial charge in [-0.15, -0.1) is 0 Å². The lowest BCUT2D eigenvalue weighted by Gasteiger charge is -2.22. The number of nitrogens with two attached hydrogens (primary N) is 1. The Kier molecular flexibility index (Phi) is 4.25. The molecule has 0 aliphatic heterocycles. The van der Waals surface area contributed by atoms with Crippen molar-refractivity contribution in [2.75, 3.05) is 18.0 Å². The summed E-state index contributed by atoms with van der Waals surface area (Å²) in [6, 6.07) is 5.92. The van der Waals surface area contributed by atoms with Crippen molar-refractivity contribution in [1.29, 1.82) is 0 Å². The zero-order valence-corrected chi connectivity index (χ0v) is 10.3. The molecule has 1 heterocycles. The van der Waals surface area contributed by atoms with Gasteiger partial charge in [-0.1, -0.05) is 0 Å². The van der Waals surface area contributed by atoms with Gasteiger partial charge in [0, 0.05) is 24.6 Å². The Balaban J connectivity index is 2.38. The first-order valence-corrected chi connectivity index (χ1v) is 5.99. The summed E-state index contributed by atoms with van der Waals surface area (Å²) in [5.41, 5.74) is 5.92. The summed E-state index contributed by atoms with van der Waals surface area (Å²) < 4.78 is 13.0. The summed E-state index contributed by atoms with van der Waals surface area (Å²) in [5.74, 6) is -0.0417. The number of anilines is 2. The van der Waals surface area contributed by atoms with Gasteiger partial charge in [-0.3, -0.25) is 4.79 Å². The van der Waals surface area contributed by atoms with Crippen LogP contribution in [0.4, 0.5) is 15.9 Å². The quantitative estimate of drug-likeness (QED) is 0.854. The van der Waals surface area contributed by atoms with E-state index in [1.54, 1.807) is 17.0 Å². The fraction of sp³-hybridized carbons (Fsp3) is 0.231. The number of H-pyrrole nitrogens is 1. The van der Waals surface area contributed by atoms with Crippen molar-refractivity contribution in [3.63, 3.8) is 0 Å². The Morgan fingerprint density at radius 3 is 2.68 bits per heavy atom. The lowest BCUT2D eigenvalue weighted by atomic mass is 10.2. The van der Waals surface area contributed by atoms with Crippen LogP contribution in [0.15, 0.2) is 41.5 Å². The van der Waals surface area contributed by atoms with Crippen molar-refractivity contribution in [3.8, 4) is 0 Å². The largest absolute Gasteiger partial charge is 0.330 e. The Morgan fingerprint density at radius 1 is 1.32 bits per heavy atom. The van der Waals surface area contributed by atoms with E-state index >= 15 is 0 Å². The molecule has 0 spiro atoms. The maximum absolute atomic E-state index is 13.0. The highest BCUT2D eigenvalue weighted by Crippen LogP contribution is 2.21. The molecule has 2 rings (SSSR count). The molecule has 2 aromatic rings. The molecule has 0 saturated heterocycles. The zero-order valence-electron chi connectivity index (χ0n) is 10.3. The molecule has 100 valence electrons. The predicted molar refractivity (Wildman–Crippen MR) is 71.9 cm³/mol. The third kappa shape index (κ3) is 3.17. The molecule has 0 unspecified atom stereocenters. The summed E-state index contributed by atoms with van der Waals surface area (Å²) in [5, 5.41) is 0. The Hall–Kier alpha value is -2.21. The molecule has 0 saturated carbocycles. The van der Waals surface area contributed by atoms with Crippen molar-refractivity contribution in [1.82, 2.24) is 9.97 Å². The number of rotatable bonds is 5. The second kappa shape index (κ2) is 6.10. The summed E-state index contributed by atoms with van der Waals surface area (Å²) in [4.78, 5) is 20.2. The minimum absolute atomic E-state index is 0.280. The van der Waals surface area contributed by atoms with Crippen molar-refractivity contribution >= 4 is 11.5 Å². The van der Waals surface area contributed by atoms with Crippen molar-refractivity contribution < 1.29 is 4.39 Å². The van der Waals surface area contributed by atoms with Crippen LogP contribution < -0.4 is 16.2 Å². The molecule has 1 aromatic heterocycles. The molecule has 0 aliphatic carbocycles. The van der Waals surface area contributed by atoms with E-state index in [4.69, 9.17) is 5.73 Å². The number of hydrogen-bond acceptors (Lipinski definition) is 4. The average Bonchev–Trinajstić information content (AvgIpc) is 2.43. The molecule has 1 aromatic carbocycles. The molecule has 6 heteroatoms. The zero-order chi connectivity index (χ0) is 13.7. The first-order chi connectivity index (χ1) is 9.22. The molecule has 0 atom stereocenters. The number of benzene rings is 1. The van der Waals surface area contributed by atoms with Gasteiger partial charge in [0.1, 0.15) is 5.82 Å². The van der Waals surface area contributed by atoms with E-state index in [2.05, 4.69) is 9.97 Å². The van der Waals surface area contributed by atoms with E-state index in [1.165, 1.54) is 24.5 Å². The highest BCUT2D eigenvalue weighted by atomic mass is 19.1. The molecule has 0 amide bonds. The Bertz CT molecular complexity index is 582. The Morgan fingerprint density at radius 2 is 2.05 bits per heavy atom. The number of nitrogens with zero attached hydrogens (tertiary/aromatic N) is 2. The normalized spacial score (nSPS) is 10.4. The van der Waals surface area contributed by atoms with Crippen LogP contribution in [-0.2, 0) is 0 Å². The monoisotopic (exact) mass is 262 g/mol. The van der Waals surface area contributed by atoms with Gasteiger partial charge in [0.05, 0.1) is 0 Å². The number of hydrogen-bond donors (Lipinski definition) is 2. The lowest BCUT2D eigenvalue weighted by Crippen LogP contribution is -2.28. The molecule has 0 bridgehead atoms. The predicted octanol–water partition coefficient (Wildman–Crippen LogP) is 1.40. The van der Waals surface area contributed by atoms with Gasteiger partial charge in [-0.05, 0) is 37.2 Å². The van der Waals surface area contributed by atoms with Crippen LogP contribution in [0, 0.1) is 5.82 Å². The summed E-state index contributed by atoms with van der Waals surface area (Å²) in [6.45, 7) is 1.05. The van der Waals surface area contributed by atoms with Gasteiger partial charge in [-0.2, -0.15) is 0 Å². The van der Waals surface area contributed by atoms with Gasteiger partial charge in [0.25, 0.3) is 5.56 Å². The van der Waals surface area contributed by atoms with Crippen LogP contribution in [0.1, 0.15) is 6.42 Å². The van der Waals surface area contributed by atoms with Crippen LogP contribution in [-0.4, -0.2) is 23.1 Å². The molecule has 0 aliphatic rings. The minimum atomic E-state index is -0.322. The highest BCUT2D eigenvalue weighted by molar-refractivity contribution is 5.58. The number of nitrogens with one attached hydrogen (secondary N) is 1. The van der Waals surface area contributed by atoms with Crippen molar-refractivity contribution in [3.05, 3.63) is 52.8 Å². The maximum Gasteiger partial charge on any atom is 0.291 e. The average molecular weight is 262 g/mol. The molecular weight excluding hydrogens is 247 g/mol. The fourth-order valence-corrected chi connectivity index (χ4v) is 1.76. The van der Waals surface area contributed by atoms with Crippen molar-refractivity contribution in [2.45, 2.75) is 6.42 Å². The summed E-state index contributed by atoms with van der Waals surface area (Å²) in [7, 11) is 0. The second-order valence-electron chi connectivity index (χ2n) is 4.01. The first kappa shape index (κ1) is 13.2. The molecular formula is C13H15FN4O. The van der Waals surface area contributed by atoms with Crippen LogP contribution in [0.25, 0.3) is 0 Å². The van der Waals surface area contributed by atoms with Gasteiger partial charge >= 0.3 is 0 Å². The maximum atomic E-state index is 13.0. The van der Waals surface area contributed by atoms with E-state index in [0.717, 1.165) is 0 Å². The highest BCUT2D eigenvalue weighted by Gasteiger charge is 2.13. The van der Waals surface area contributed by atoms with Crippen LogP contribution in [0.2, 0.25) is 0 Å². The standard InChI is InChI=1S/C13H15FN4O/c14-10-2-4-11(5-3-10)18(9-1-6-15)12-13(19)17-8-7-16-12/h2-5,7-8H,1,6,9,15H2,(H,17,19). The van der Waals surface area contributed by atoms with Crippen LogP contribution in [0.5, 0.6) is 0 Å². The van der Waals surface area contributed by atoms with Crippen molar-refractivity contribution in [2.24, 2.45) is 5.73 Å². The van der Waals surface area contributed by atoms with Gasteiger partial charge < -0.3 is 15.6 Å². The van der Waals surface area contributed by atoms with Gasteiger partial charge in [-0.25, -0.2) is 9.37 Å². The van der Waals surface area contributed by atoms with E-state index in [9.17, 15) is 9.18 Å². The smallest absolute Gasteiger partial charge is 0.291 e. The second-order valence-corrected chi connectivity index (χ2v) is 4.01. The number of aromatic amines is 1. The molecule has 0 radical (unpaired) electrons. The van der Waals surface area contributed by atoms with E-state index in [-0.39, 0.29) is 17.2 Å². The van der Waals surface area contributed by atoms with E-state index < -0.39 is 0 Å². The minimum Gasteiger partial charge on any atom is -0.330 e. The number of halogens is 1. The third-order valence-corrected chi connectivity index (χ3v) is 2.67. The summed E-state index contributed by atoms with van der Waals surface area (Å²) >= 11 is 0. The molecule has 5 nitrogen and oxygen atoms in total.